The van der Waals surface area contributed by atoms with Gasteiger partial charge in [0, 0.05) is 31.4 Å². The highest BCUT2D eigenvalue weighted by Gasteiger charge is 1.98. The molecule has 5 heteroatoms. The Balaban J connectivity index is 0.00000180. The monoisotopic (exact) mass is 281 g/mol. The van der Waals surface area contributed by atoms with E-state index in [2.05, 4.69) is 35.7 Å². The second-order valence-corrected chi connectivity index (χ2v) is 4.16. The number of methoxy groups -OCH3 is 1. The number of nitrogens with one attached hydrogen (secondary N) is 1. The number of rotatable bonds is 6. The number of ether oxygens (including phenoxy) is 1. The number of hydrogen-bond acceptors (Lipinski definition) is 3. The molecule has 104 valence electrons. The van der Waals surface area contributed by atoms with Gasteiger partial charge in [-0.05, 0) is 24.6 Å². The van der Waals surface area contributed by atoms with Gasteiger partial charge < -0.3 is 10.1 Å². The molecule has 1 aromatic heterocycles. The molecule has 0 aliphatic carbocycles. The second kappa shape index (κ2) is 7.81. The van der Waals surface area contributed by atoms with Crippen molar-refractivity contribution in [3.05, 3.63) is 47.8 Å². The predicted octanol–water partition coefficient (Wildman–Crippen LogP) is 2.62. The molecule has 0 radical (unpaired) electrons. The zero-order chi connectivity index (χ0) is 12.8. The molecule has 1 N–H and O–H groups in total. The summed E-state index contributed by atoms with van der Waals surface area (Å²) in [6.07, 6.45) is 3.98. The van der Waals surface area contributed by atoms with Crippen molar-refractivity contribution < 1.29 is 4.74 Å². The van der Waals surface area contributed by atoms with Crippen molar-refractivity contribution in [3.8, 4) is 5.75 Å². The molecule has 0 atom stereocenters. The Bertz CT molecular complexity index is 482. The third-order valence-electron chi connectivity index (χ3n) is 2.83. The van der Waals surface area contributed by atoms with E-state index in [9.17, 15) is 0 Å². The Kier molecular flexibility index (Phi) is 6.39. The van der Waals surface area contributed by atoms with Crippen LogP contribution >= 0.6 is 12.4 Å². The number of aromatic nitrogens is 2. The minimum Gasteiger partial charge on any atom is -0.497 e. The Morgan fingerprint density at radius 1 is 1.16 bits per heavy atom. The summed E-state index contributed by atoms with van der Waals surface area (Å²) in [4.78, 5) is 0. The van der Waals surface area contributed by atoms with Crippen LogP contribution in [-0.4, -0.2) is 16.9 Å². The van der Waals surface area contributed by atoms with E-state index < -0.39 is 0 Å². The quantitative estimate of drug-likeness (QED) is 0.885. The fraction of sp³-hybridized carbons (Fsp3) is 0.357. The zero-order valence-corrected chi connectivity index (χ0v) is 12.1. The summed E-state index contributed by atoms with van der Waals surface area (Å²) >= 11 is 0. The molecule has 0 aliphatic rings. The molecule has 2 aromatic rings. The Hall–Kier alpha value is -1.52. The van der Waals surface area contributed by atoms with E-state index in [1.165, 1.54) is 11.1 Å². The first-order chi connectivity index (χ1) is 8.81. The van der Waals surface area contributed by atoms with Crippen molar-refractivity contribution in [3.63, 3.8) is 0 Å². The fourth-order valence-electron chi connectivity index (χ4n) is 1.77. The summed E-state index contributed by atoms with van der Waals surface area (Å²) in [6.45, 7) is 4.69. The summed E-state index contributed by atoms with van der Waals surface area (Å²) in [6, 6.07) is 8.10. The van der Waals surface area contributed by atoms with Gasteiger partial charge in [0.2, 0.25) is 0 Å². The predicted molar refractivity (Wildman–Crippen MR) is 78.7 cm³/mol. The molecule has 0 fully saturated rings. The SMILES string of the molecule is CCn1cc(CNCc2ccc(OC)cc2)cn1.Cl. The van der Waals surface area contributed by atoms with Gasteiger partial charge >= 0.3 is 0 Å². The maximum Gasteiger partial charge on any atom is 0.118 e. The average Bonchev–Trinajstić information content (AvgIpc) is 2.87. The molecular formula is C14H20ClN3O. The van der Waals surface area contributed by atoms with Crippen LogP contribution in [0.2, 0.25) is 0 Å². The number of nitrogens with zero attached hydrogens (tertiary/aromatic N) is 2. The fourth-order valence-corrected chi connectivity index (χ4v) is 1.77. The van der Waals surface area contributed by atoms with E-state index in [1.807, 2.05) is 23.0 Å². The molecule has 0 aliphatic heterocycles. The third-order valence-corrected chi connectivity index (χ3v) is 2.83. The lowest BCUT2D eigenvalue weighted by molar-refractivity contribution is 0.414. The highest BCUT2D eigenvalue weighted by molar-refractivity contribution is 5.85. The molecule has 0 bridgehead atoms. The van der Waals surface area contributed by atoms with Gasteiger partial charge in [0.05, 0.1) is 13.3 Å². The van der Waals surface area contributed by atoms with Crippen molar-refractivity contribution in [1.82, 2.24) is 15.1 Å². The molecule has 0 saturated heterocycles. The number of halogens is 1. The largest absolute Gasteiger partial charge is 0.497 e. The minimum absolute atomic E-state index is 0. The summed E-state index contributed by atoms with van der Waals surface area (Å²) in [5, 5.41) is 7.64. The van der Waals surface area contributed by atoms with Crippen LogP contribution in [-0.2, 0) is 19.6 Å². The molecule has 1 heterocycles. The lowest BCUT2D eigenvalue weighted by atomic mass is 10.2. The topological polar surface area (TPSA) is 39.1 Å². The van der Waals surface area contributed by atoms with Gasteiger partial charge in [-0.1, -0.05) is 12.1 Å². The Morgan fingerprint density at radius 3 is 2.42 bits per heavy atom. The van der Waals surface area contributed by atoms with Gasteiger partial charge in [-0.15, -0.1) is 12.4 Å². The van der Waals surface area contributed by atoms with Crippen LogP contribution in [0.4, 0.5) is 0 Å². The van der Waals surface area contributed by atoms with Crippen LogP contribution in [0.15, 0.2) is 36.7 Å². The third kappa shape index (κ3) is 4.58. The molecular weight excluding hydrogens is 262 g/mol. The summed E-state index contributed by atoms with van der Waals surface area (Å²) in [5.74, 6) is 0.892. The number of aryl methyl sites for hydroxylation is 1. The molecule has 0 spiro atoms. The van der Waals surface area contributed by atoms with Gasteiger partial charge in [-0.25, -0.2) is 0 Å². The Morgan fingerprint density at radius 2 is 1.84 bits per heavy atom. The highest BCUT2D eigenvalue weighted by Crippen LogP contribution is 2.11. The standard InChI is InChI=1S/C14H19N3O.ClH/c1-3-17-11-13(10-16-17)9-15-8-12-4-6-14(18-2)7-5-12;/h4-7,10-11,15H,3,8-9H2,1-2H3;1H. The van der Waals surface area contributed by atoms with Crippen LogP contribution in [0, 0.1) is 0 Å². The van der Waals surface area contributed by atoms with E-state index in [-0.39, 0.29) is 12.4 Å². The summed E-state index contributed by atoms with van der Waals surface area (Å²) in [7, 11) is 1.68. The summed E-state index contributed by atoms with van der Waals surface area (Å²) < 4.78 is 7.06. The molecule has 0 saturated carbocycles. The van der Waals surface area contributed by atoms with Crippen molar-refractivity contribution in [1.29, 1.82) is 0 Å². The Labute approximate surface area is 120 Å². The van der Waals surface area contributed by atoms with E-state index in [4.69, 9.17) is 4.74 Å². The first-order valence-corrected chi connectivity index (χ1v) is 6.17. The minimum atomic E-state index is 0. The number of hydrogen-bond donors (Lipinski definition) is 1. The van der Waals surface area contributed by atoms with Crippen molar-refractivity contribution in [2.75, 3.05) is 7.11 Å². The van der Waals surface area contributed by atoms with Gasteiger partial charge in [0.15, 0.2) is 0 Å². The van der Waals surface area contributed by atoms with Crippen molar-refractivity contribution >= 4 is 12.4 Å². The van der Waals surface area contributed by atoms with E-state index >= 15 is 0 Å². The first kappa shape index (κ1) is 15.5. The number of benzene rings is 1. The van der Waals surface area contributed by atoms with E-state index in [0.717, 1.165) is 25.4 Å². The van der Waals surface area contributed by atoms with Gasteiger partial charge in [0.1, 0.15) is 5.75 Å². The molecule has 0 amide bonds. The highest BCUT2D eigenvalue weighted by atomic mass is 35.5. The normalized spacial score (nSPS) is 10.0. The van der Waals surface area contributed by atoms with Crippen LogP contribution in [0.3, 0.4) is 0 Å². The van der Waals surface area contributed by atoms with E-state index in [0.29, 0.717) is 0 Å². The van der Waals surface area contributed by atoms with Gasteiger partial charge in [-0.3, -0.25) is 4.68 Å². The molecule has 4 nitrogen and oxygen atoms in total. The average molecular weight is 282 g/mol. The van der Waals surface area contributed by atoms with Crippen molar-refractivity contribution in [2.24, 2.45) is 0 Å². The van der Waals surface area contributed by atoms with Gasteiger partial charge in [-0.2, -0.15) is 5.10 Å². The van der Waals surface area contributed by atoms with Crippen molar-refractivity contribution in [2.45, 2.75) is 26.6 Å². The molecule has 2 rings (SSSR count). The van der Waals surface area contributed by atoms with Gasteiger partial charge in [0.25, 0.3) is 0 Å². The molecule has 19 heavy (non-hydrogen) atoms. The van der Waals surface area contributed by atoms with Crippen LogP contribution < -0.4 is 10.1 Å². The van der Waals surface area contributed by atoms with Crippen LogP contribution in [0.5, 0.6) is 5.75 Å². The van der Waals surface area contributed by atoms with E-state index in [1.54, 1.807) is 7.11 Å². The maximum atomic E-state index is 5.13. The smallest absolute Gasteiger partial charge is 0.118 e. The molecule has 0 unspecified atom stereocenters. The van der Waals surface area contributed by atoms with Crippen LogP contribution in [0.25, 0.3) is 0 Å². The zero-order valence-electron chi connectivity index (χ0n) is 11.3. The maximum absolute atomic E-state index is 5.13. The van der Waals surface area contributed by atoms with Crippen LogP contribution in [0.1, 0.15) is 18.1 Å². The lowest BCUT2D eigenvalue weighted by Crippen LogP contribution is -2.12. The molecule has 1 aromatic carbocycles. The first-order valence-electron chi connectivity index (χ1n) is 6.17. The second-order valence-electron chi connectivity index (χ2n) is 4.16. The summed E-state index contributed by atoms with van der Waals surface area (Å²) in [5.41, 5.74) is 2.46. The lowest BCUT2D eigenvalue weighted by Gasteiger charge is -2.04.